The number of benzene rings is 1. The maximum atomic E-state index is 12.6. The van der Waals surface area contributed by atoms with Crippen LogP contribution in [0.3, 0.4) is 0 Å². The van der Waals surface area contributed by atoms with Crippen LogP contribution in [0.25, 0.3) is 0 Å². The molecule has 0 aliphatic rings. The van der Waals surface area contributed by atoms with Crippen LogP contribution in [0, 0.1) is 17.0 Å². The van der Waals surface area contributed by atoms with Gasteiger partial charge in [0.05, 0.1) is 23.0 Å². The van der Waals surface area contributed by atoms with Crippen molar-refractivity contribution in [1.29, 1.82) is 0 Å². The fourth-order valence-corrected chi connectivity index (χ4v) is 2.82. The number of nitrogens with zero attached hydrogens (tertiary/aromatic N) is 5. The summed E-state index contributed by atoms with van der Waals surface area (Å²) in [6.07, 6.45) is 4.79. The molecule has 0 saturated carbocycles. The molecule has 0 saturated heterocycles. The van der Waals surface area contributed by atoms with Crippen molar-refractivity contribution in [3.63, 3.8) is 0 Å². The van der Waals surface area contributed by atoms with Crippen LogP contribution in [0.5, 0.6) is 0 Å². The molecule has 0 spiro atoms. The smallest absolute Gasteiger partial charge is 0.272 e. The summed E-state index contributed by atoms with van der Waals surface area (Å²) in [6, 6.07) is 4.06. The lowest BCUT2D eigenvalue weighted by atomic mass is 10.1. The first kappa shape index (κ1) is 19.7. The number of nitro benzene ring substituents is 1. The van der Waals surface area contributed by atoms with Crippen molar-refractivity contribution in [3.8, 4) is 0 Å². The first-order valence-electron chi connectivity index (χ1n) is 8.60. The van der Waals surface area contributed by atoms with E-state index in [-0.39, 0.29) is 29.2 Å². The Hall–Kier alpha value is -4.02. The number of anilines is 1. The number of amides is 2. The number of aryl methyl sites for hydroxylation is 3. The molecule has 0 radical (unpaired) electrons. The van der Waals surface area contributed by atoms with Crippen LogP contribution >= 0.6 is 0 Å². The van der Waals surface area contributed by atoms with E-state index in [0.717, 1.165) is 5.56 Å². The SMILES string of the molecule is Cc1cc(C(=O)Nc2cnn(C)c2C(=O)NCc2cnn(C)c2)ccc1[N+](=O)[O-]. The molecule has 0 unspecified atom stereocenters. The zero-order valence-corrected chi connectivity index (χ0v) is 16.0. The molecular formula is C18H19N7O4. The number of hydrogen-bond donors (Lipinski definition) is 2. The molecule has 2 heterocycles. The van der Waals surface area contributed by atoms with Gasteiger partial charge >= 0.3 is 0 Å². The molecular weight excluding hydrogens is 378 g/mol. The Morgan fingerprint density at radius 3 is 2.55 bits per heavy atom. The summed E-state index contributed by atoms with van der Waals surface area (Å²) in [7, 11) is 3.37. The molecule has 0 atom stereocenters. The zero-order valence-electron chi connectivity index (χ0n) is 16.0. The number of carbonyl (C=O) groups is 2. The predicted octanol–water partition coefficient (Wildman–Crippen LogP) is 1.55. The first-order chi connectivity index (χ1) is 13.8. The molecule has 11 heteroatoms. The van der Waals surface area contributed by atoms with Gasteiger partial charge in [-0.05, 0) is 19.1 Å². The largest absolute Gasteiger partial charge is 0.346 e. The van der Waals surface area contributed by atoms with Crippen molar-refractivity contribution >= 4 is 23.2 Å². The van der Waals surface area contributed by atoms with E-state index in [1.807, 2.05) is 0 Å². The molecule has 0 bridgehead atoms. The van der Waals surface area contributed by atoms with Crippen LogP contribution in [0.15, 0.2) is 36.8 Å². The van der Waals surface area contributed by atoms with Gasteiger partial charge < -0.3 is 10.6 Å². The molecule has 0 aliphatic carbocycles. The van der Waals surface area contributed by atoms with Crippen molar-refractivity contribution in [2.24, 2.45) is 14.1 Å². The molecule has 3 aromatic rings. The van der Waals surface area contributed by atoms with Gasteiger partial charge in [-0.1, -0.05) is 0 Å². The van der Waals surface area contributed by atoms with Gasteiger partial charge in [-0.2, -0.15) is 10.2 Å². The second-order valence-electron chi connectivity index (χ2n) is 6.45. The Morgan fingerprint density at radius 1 is 1.17 bits per heavy atom. The van der Waals surface area contributed by atoms with Crippen molar-refractivity contribution < 1.29 is 14.5 Å². The number of nitrogens with one attached hydrogen (secondary N) is 2. The number of aromatic nitrogens is 4. The highest BCUT2D eigenvalue weighted by molar-refractivity contribution is 6.08. The van der Waals surface area contributed by atoms with Crippen molar-refractivity contribution in [2.75, 3.05) is 5.32 Å². The maximum absolute atomic E-state index is 12.6. The third kappa shape index (κ3) is 4.29. The lowest BCUT2D eigenvalue weighted by Gasteiger charge is -2.09. The molecule has 11 nitrogen and oxygen atoms in total. The molecule has 0 fully saturated rings. The number of carbonyl (C=O) groups excluding carboxylic acids is 2. The number of rotatable bonds is 6. The summed E-state index contributed by atoms with van der Waals surface area (Å²) in [6.45, 7) is 1.82. The predicted molar refractivity (Wildman–Crippen MR) is 103 cm³/mol. The fourth-order valence-electron chi connectivity index (χ4n) is 2.82. The van der Waals surface area contributed by atoms with E-state index < -0.39 is 16.7 Å². The number of hydrogen-bond acceptors (Lipinski definition) is 6. The van der Waals surface area contributed by atoms with Crippen LogP contribution in [0.2, 0.25) is 0 Å². The summed E-state index contributed by atoms with van der Waals surface area (Å²) in [4.78, 5) is 35.6. The van der Waals surface area contributed by atoms with Crippen molar-refractivity contribution in [2.45, 2.75) is 13.5 Å². The van der Waals surface area contributed by atoms with Crippen LogP contribution in [0.4, 0.5) is 11.4 Å². The molecule has 29 heavy (non-hydrogen) atoms. The topological polar surface area (TPSA) is 137 Å². The summed E-state index contributed by atoms with van der Waals surface area (Å²) in [5, 5.41) is 24.4. The molecule has 150 valence electrons. The van der Waals surface area contributed by atoms with Gasteiger partial charge in [0.15, 0.2) is 0 Å². The van der Waals surface area contributed by atoms with E-state index >= 15 is 0 Å². The average Bonchev–Trinajstić information content (AvgIpc) is 3.24. The Kier molecular flexibility index (Phi) is 5.39. The standard InChI is InChI=1S/C18H19N7O4/c1-11-6-13(4-5-15(11)25(28)29)17(26)22-14-9-21-24(3)16(14)18(27)19-7-12-8-20-23(2)10-12/h4-6,8-10H,7H2,1-3H3,(H,19,27)(H,22,26). The van der Waals surface area contributed by atoms with Gasteiger partial charge in [-0.3, -0.25) is 29.1 Å². The van der Waals surface area contributed by atoms with Gasteiger partial charge in [-0.25, -0.2) is 0 Å². The van der Waals surface area contributed by atoms with Gasteiger partial charge in [0, 0.05) is 49.6 Å². The van der Waals surface area contributed by atoms with E-state index in [9.17, 15) is 19.7 Å². The molecule has 2 amide bonds. The normalized spacial score (nSPS) is 10.6. The maximum Gasteiger partial charge on any atom is 0.272 e. The zero-order chi connectivity index (χ0) is 21.1. The molecule has 3 rings (SSSR count). The molecule has 1 aromatic carbocycles. The second-order valence-corrected chi connectivity index (χ2v) is 6.45. The van der Waals surface area contributed by atoms with Crippen LogP contribution in [-0.2, 0) is 20.6 Å². The molecule has 0 aliphatic heterocycles. The van der Waals surface area contributed by atoms with E-state index in [2.05, 4.69) is 20.8 Å². The third-order valence-corrected chi connectivity index (χ3v) is 4.27. The quantitative estimate of drug-likeness (QED) is 0.478. The summed E-state index contributed by atoms with van der Waals surface area (Å²) in [5.41, 5.74) is 1.77. The van der Waals surface area contributed by atoms with Crippen LogP contribution in [-0.4, -0.2) is 36.3 Å². The lowest BCUT2D eigenvalue weighted by Crippen LogP contribution is -2.26. The minimum atomic E-state index is -0.511. The van der Waals surface area contributed by atoms with E-state index in [1.165, 1.54) is 29.1 Å². The van der Waals surface area contributed by atoms with Gasteiger partial charge in [0.2, 0.25) is 0 Å². The van der Waals surface area contributed by atoms with Gasteiger partial charge in [0.25, 0.3) is 17.5 Å². The first-order valence-corrected chi connectivity index (χ1v) is 8.60. The summed E-state index contributed by atoms with van der Waals surface area (Å²) < 4.78 is 2.98. The Morgan fingerprint density at radius 2 is 1.93 bits per heavy atom. The van der Waals surface area contributed by atoms with Gasteiger partial charge in [0.1, 0.15) is 5.69 Å². The fraction of sp³-hybridized carbons (Fsp3) is 0.222. The monoisotopic (exact) mass is 397 g/mol. The summed E-state index contributed by atoms with van der Waals surface area (Å²) >= 11 is 0. The van der Waals surface area contributed by atoms with Crippen molar-refractivity contribution in [1.82, 2.24) is 24.9 Å². The van der Waals surface area contributed by atoms with E-state index in [0.29, 0.717) is 5.56 Å². The Labute approximate surface area is 165 Å². The van der Waals surface area contributed by atoms with E-state index in [4.69, 9.17) is 0 Å². The van der Waals surface area contributed by atoms with Crippen molar-refractivity contribution in [3.05, 3.63) is 69.3 Å². The summed E-state index contributed by atoms with van der Waals surface area (Å²) in [5.74, 6) is -0.915. The Balaban J connectivity index is 1.75. The molecule has 2 N–H and O–H groups in total. The average molecular weight is 397 g/mol. The van der Waals surface area contributed by atoms with Crippen LogP contribution < -0.4 is 10.6 Å². The Bertz CT molecular complexity index is 1100. The minimum Gasteiger partial charge on any atom is -0.346 e. The van der Waals surface area contributed by atoms with Crippen LogP contribution in [0.1, 0.15) is 32.0 Å². The lowest BCUT2D eigenvalue weighted by molar-refractivity contribution is -0.385. The highest BCUT2D eigenvalue weighted by Gasteiger charge is 2.20. The van der Waals surface area contributed by atoms with E-state index in [1.54, 1.807) is 38.1 Å². The third-order valence-electron chi connectivity index (χ3n) is 4.27. The minimum absolute atomic E-state index is 0.0709. The molecule has 2 aromatic heterocycles. The number of nitro groups is 1. The van der Waals surface area contributed by atoms with Gasteiger partial charge in [-0.15, -0.1) is 0 Å². The highest BCUT2D eigenvalue weighted by atomic mass is 16.6. The second kappa shape index (κ2) is 7.92. The highest BCUT2D eigenvalue weighted by Crippen LogP contribution is 2.21.